The fourth-order valence-corrected chi connectivity index (χ4v) is 2.73. The largest absolute Gasteiger partial charge is 0.305 e. The van der Waals surface area contributed by atoms with Crippen LogP contribution in [0.5, 0.6) is 0 Å². The Balaban J connectivity index is 2.81. The van der Waals surface area contributed by atoms with E-state index >= 15 is 0 Å². The number of carbonyl (C=O) groups excluding carboxylic acids is 1. The molecule has 0 aliphatic carbocycles. The Hall–Kier alpha value is -0.650. The van der Waals surface area contributed by atoms with E-state index in [4.69, 9.17) is 5.84 Å². The summed E-state index contributed by atoms with van der Waals surface area (Å²) in [5, 5.41) is 0. The van der Waals surface area contributed by atoms with Gasteiger partial charge in [-0.3, -0.25) is 15.1 Å². The number of likely N-dealkylation sites (N-methyl/N-ethyl adjacent to an activating group) is 1. The van der Waals surface area contributed by atoms with Crippen LogP contribution in [0.1, 0.15) is 27.2 Å². The standard InChI is InChI=1S/C12H26N4O/c1-9(2)11(12(17)14-13)16-7-5-6-15(4)8-10(16)3/h9-11H,5-8,13H2,1-4H3,(H,14,17). The summed E-state index contributed by atoms with van der Waals surface area (Å²) in [4.78, 5) is 16.5. The molecule has 2 atom stereocenters. The molecule has 0 aromatic rings. The third-order valence-corrected chi connectivity index (χ3v) is 3.50. The minimum Gasteiger partial charge on any atom is -0.305 e. The van der Waals surface area contributed by atoms with Gasteiger partial charge in [0.15, 0.2) is 0 Å². The van der Waals surface area contributed by atoms with Crippen LogP contribution in [-0.4, -0.2) is 54.5 Å². The molecule has 0 saturated carbocycles. The summed E-state index contributed by atoms with van der Waals surface area (Å²) in [5.74, 6) is 5.49. The molecule has 0 radical (unpaired) electrons. The number of nitrogens with zero attached hydrogens (tertiary/aromatic N) is 2. The molecule has 1 aliphatic rings. The van der Waals surface area contributed by atoms with Crippen LogP contribution in [0.2, 0.25) is 0 Å². The maximum absolute atomic E-state index is 11.9. The zero-order valence-electron chi connectivity index (χ0n) is 11.4. The van der Waals surface area contributed by atoms with Crippen molar-refractivity contribution in [3.05, 3.63) is 0 Å². The number of hydrogen-bond donors (Lipinski definition) is 2. The molecule has 2 unspecified atom stereocenters. The quantitative estimate of drug-likeness (QED) is 0.416. The SMILES string of the molecule is CC(C)C(C(=O)NN)N1CCCN(C)CC1C. The molecule has 1 fully saturated rings. The molecule has 0 aromatic carbocycles. The summed E-state index contributed by atoms with van der Waals surface area (Å²) in [7, 11) is 2.13. The van der Waals surface area contributed by atoms with Gasteiger partial charge in [0.1, 0.15) is 0 Å². The van der Waals surface area contributed by atoms with Crippen molar-refractivity contribution in [2.45, 2.75) is 39.3 Å². The average molecular weight is 242 g/mol. The first kappa shape index (κ1) is 14.4. The highest BCUT2D eigenvalue weighted by Gasteiger charge is 2.32. The van der Waals surface area contributed by atoms with Gasteiger partial charge >= 0.3 is 0 Å². The first-order valence-electron chi connectivity index (χ1n) is 6.42. The Morgan fingerprint density at radius 3 is 2.59 bits per heavy atom. The van der Waals surface area contributed by atoms with Gasteiger partial charge in [0.2, 0.25) is 0 Å². The van der Waals surface area contributed by atoms with E-state index in [1.807, 2.05) is 0 Å². The van der Waals surface area contributed by atoms with Crippen LogP contribution in [0.3, 0.4) is 0 Å². The molecule has 5 heteroatoms. The molecule has 100 valence electrons. The third-order valence-electron chi connectivity index (χ3n) is 3.50. The van der Waals surface area contributed by atoms with Crippen LogP contribution in [0, 0.1) is 5.92 Å². The van der Waals surface area contributed by atoms with Crippen molar-refractivity contribution in [3.8, 4) is 0 Å². The zero-order chi connectivity index (χ0) is 13.0. The summed E-state index contributed by atoms with van der Waals surface area (Å²) in [6.45, 7) is 9.38. The Labute approximate surface area is 104 Å². The first-order valence-corrected chi connectivity index (χ1v) is 6.42. The van der Waals surface area contributed by atoms with Crippen LogP contribution in [0.25, 0.3) is 0 Å². The predicted molar refractivity (Wildman–Crippen MR) is 69.2 cm³/mol. The van der Waals surface area contributed by atoms with E-state index < -0.39 is 0 Å². The Bertz CT molecular complexity index is 257. The van der Waals surface area contributed by atoms with E-state index in [1.165, 1.54) is 0 Å². The topological polar surface area (TPSA) is 61.6 Å². The van der Waals surface area contributed by atoms with Gasteiger partial charge < -0.3 is 4.90 Å². The lowest BCUT2D eigenvalue weighted by Crippen LogP contribution is -2.55. The molecule has 1 saturated heterocycles. The van der Waals surface area contributed by atoms with Crippen molar-refractivity contribution in [1.82, 2.24) is 15.2 Å². The molecule has 1 rings (SSSR count). The van der Waals surface area contributed by atoms with E-state index in [0.717, 1.165) is 26.1 Å². The number of hydrazine groups is 1. The van der Waals surface area contributed by atoms with Gasteiger partial charge in [-0.2, -0.15) is 0 Å². The van der Waals surface area contributed by atoms with E-state index in [9.17, 15) is 4.79 Å². The van der Waals surface area contributed by atoms with E-state index in [0.29, 0.717) is 6.04 Å². The number of rotatable bonds is 3. The molecule has 17 heavy (non-hydrogen) atoms. The smallest absolute Gasteiger partial charge is 0.251 e. The summed E-state index contributed by atoms with van der Waals surface area (Å²) in [5.41, 5.74) is 2.30. The van der Waals surface area contributed by atoms with Gasteiger partial charge in [0, 0.05) is 19.1 Å². The number of nitrogens with two attached hydrogens (primary N) is 1. The normalized spacial score (nSPS) is 25.6. The summed E-state index contributed by atoms with van der Waals surface area (Å²) < 4.78 is 0. The predicted octanol–water partition coefficient (Wildman–Crippen LogP) is 0.0269. The fraction of sp³-hybridized carbons (Fsp3) is 0.917. The highest BCUT2D eigenvalue weighted by molar-refractivity contribution is 5.81. The molecule has 1 aliphatic heterocycles. The molecule has 1 heterocycles. The highest BCUT2D eigenvalue weighted by atomic mass is 16.2. The van der Waals surface area contributed by atoms with Crippen LogP contribution < -0.4 is 11.3 Å². The lowest BCUT2D eigenvalue weighted by molar-refractivity contribution is -0.129. The lowest BCUT2D eigenvalue weighted by atomic mass is 10.00. The molecule has 3 N–H and O–H groups in total. The lowest BCUT2D eigenvalue weighted by Gasteiger charge is -2.36. The average Bonchev–Trinajstić information content (AvgIpc) is 2.40. The maximum atomic E-state index is 11.9. The van der Waals surface area contributed by atoms with Gasteiger partial charge in [0.25, 0.3) is 5.91 Å². The van der Waals surface area contributed by atoms with Gasteiger partial charge in [-0.15, -0.1) is 0 Å². The van der Waals surface area contributed by atoms with Gasteiger partial charge in [-0.05, 0) is 32.9 Å². The molecule has 0 bridgehead atoms. The van der Waals surface area contributed by atoms with Crippen LogP contribution >= 0.6 is 0 Å². The number of carbonyl (C=O) groups is 1. The van der Waals surface area contributed by atoms with Crippen molar-refractivity contribution in [2.75, 3.05) is 26.7 Å². The third kappa shape index (κ3) is 3.66. The highest BCUT2D eigenvalue weighted by Crippen LogP contribution is 2.18. The van der Waals surface area contributed by atoms with Crippen molar-refractivity contribution >= 4 is 5.91 Å². The van der Waals surface area contributed by atoms with Crippen molar-refractivity contribution in [3.63, 3.8) is 0 Å². The second-order valence-corrected chi connectivity index (χ2v) is 5.40. The Kier molecular flexibility index (Phi) is 5.36. The molecule has 0 spiro atoms. The monoisotopic (exact) mass is 242 g/mol. The Morgan fingerprint density at radius 1 is 1.41 bits per heavy atom. The minimum atomic E-state index is -0.124. The van der Waals surface area contributed by atoms with Crippen LogP contribution in [-0.2, 0) is 4.79 Å². The van der Waals surface area contributed by atoms with Gasteiger partial charge in [0.05, 0.1) is 6.04 Å². The number of amides is 1. The van der Waals surface area contributed by atoms with Crippen molar-refractivity contribution < 1.29 is 4.79 Å². The minimum absolute atomic E-state index is 0.0728. The summed E-state index contributed by atoms with van der Waals surface area (Å²) in [6, 6.07) is 0.258. The summed E-state index contributed by atoms with van der Waals surface area (Å²) >= 11 is 0. The van der Waals surface area contributed by atoms with Gasteiger partial charge in [-0.1, -0.05) is 13.8 Å². The second-order valence-electron chi connectivity index (χ2n) is 5.40. The number of nitrogens with one attached hydrogen (secondary N) is 1. The molecular formula is C12H26N4O. The second kappa shape index (κ2) is 6.33. The van der Waals surface area contributed by atoms with E-state index in [-0.39, 0.29) is 17.9 Å². The van der Waals surface area contributed by atoms with E-state index in [1.54, 1.807) is 0 Å². The molecule has 0 aromatic heterocycles. The Morgan fingerprint density at radius 2 is 2.06 bits per heavy atom. The first-order chi connectivity index (χ1) is 7.97. The zero-order valence-corrected chi connectivity index (χ0v) is 11.4. The molecule has 1 amide bonds. The summed E-state index contributed by atoms with van der Waals surface area (Å²) in [6.07, 6.45) is 1.10. The maximum Gasteiger partial charge on any atom is 0.251 e. The van der Waals surface area contributed by atoms with Crippen LogP contribution in [0.15, 0.2) is 0 Å². The van der Waals surface area contributed by atoms with Crippen molar-refractivity contribution in [2.24, 2.45) is 11.8 Å². The number of hydrogen-bond acceptors (Lipinski definition) is 4. The van der Waals surface area contributed by atoms with E-state index in [2.05, 4.69) is 43.0 Å². The van der Waals surface area contributed by atoms with Crippen LogP contribution in [0.4, 0.5) is 0 Å². The fourth-order valence-electron chi connectivity index (χ4n) is 2.73. The molecular weight excluding hydrogens is 216 g/mol. The van der Waals surface area contributed by atoms with Crippen molar-refractivity contribution in [1.29, 1.82) is 0 Å². The molecule has 5 nitrogen and oxygen atoms in total. The van der Waals surface area contributed by atoms with Gasteiger partial charge in [-0.25, -0.2) is 5.84 Å².